The van der Waals surface area contributed by atoms with Crippen LogP contribution in [0.1, 0.15) is 22.9 Å². The summed E-state index contributed by atoms with van der Waals surface area (Å²) in [5, 5.41) is 5.74. The van der Waals surface area contributed by atoms with E-state index in [0.29, 0.717) is 23.0 Å². The molecule has 0 radical (unpaired) electrons. The molecule has 0 aliphatic heterocycles. The highest BCUT2D eigenvalue weighted by molar-refractivity contribution is 5.88. The molecule has 1 atom stereocenters. The number of fused-ring (bicyclic) bond motifs is 1. The first kappa shape index (κ1) is 23.4. The molecule has 34 heavy (non-hydrogen) atoms. The van der Waals surface area contributed by atoms with Crippen molar-refractivity contribution in [3.05, 3.63) is 89.7 Å². The maximum atomic E-state index is 5.58. The molecule has 6 heteroatoms. The van der Waals surface area contributed by atoms with Crippen molar-refractivity contribution in [3.63, 3.8) is 0 Å². The third kappa shape index (κ3) is 4.92. The number of rotatable bonds is 10. The Morgan fingerprint density at radius 1 is 0.735 bits per heavy atom. The highest BCUT2D eigenvalue weighted by Crippen LogP contribution is 2.37. The van der Waals surface area contributed by atoms with Crippen molar-refractivity contribution in [2.75, 3.05) is 35.0 Å². The molecule has 0 bridgehead atoms. The van der Waals surface area contributed by atoms with Crippen molar-refractivity contribution in [1.82, 2.24) is 10.3 Å². The summed E-state index contributed by atoms with van der Waals surface area (Å²) in [6.07, 6.45) is 2.72. The van der Waals surface area contributed by atoms with Gasteiger partial charge in [-0.15, -0.1) is 0 Å². The average Bonchev–Trinajstić information content (AvgIpc) is 2.90. The van der Waals surface area contributed by atoms with Crippen LogP contribution in [-0.4, -0.2) is 40.0 Å². The maximum Gasteiger partial charge on any atom is 0.161 e. The van der Waals surface area contributed by atoms with Crippen LogP contribution >= 0.6 is 0 Å². The molecule has 4 rings (SSSR count). The Balaban J connectivity index is 1.78. The predicted molar refractivity (Wildman–Crippen MR) is 134 cm³/mol. The van der Waals surface area contributed by atoms with Crippen LogP contribution in [0.25, 0.3) is 10.8 Å². The standard InChI is InChI=1S/C28H30N2O4/c1-31-23-11-10-21(17-24(23)32-2)27(29-14-12-19-8-6-5-7-9-19)28-22-18-26(34-4)25(33-3)16-20(22)13-15-30-28/h5-11,13,15-18,27,29H,12,14H2,1-4H3. The van der Waals surface area contributed by atoms with Gasteiger partial charge in [0, 0.05) is 18.1 Å². The SMILES string of the molecule is COc1ccc(C(NCCc2ccccc2)c2nccc3cc(OC)c(OC)cc23)cc1OC. The summed E-state index contributed by atoms with van der Waals surface area (Å²) in [5.74, 6) is 2.72. The van der Waals surface area contributed by atoms with Crippen molar-refractivity contribution in [1.29, 1.82) is 0 Å². The number of nitrogens with zero attached hydrogens (tertiary/aromatic N) is 1. The van der Waals surface area contributed by atoms with Crippen LogP contribution in [0.2, 0.25) is 0 Å². The van der Waals surface area contributed by atoms with E-state index >= 15 is 0 Å². The molecule has 0 aliphatic carbocycles. The molecule has 1 N–H and O–H groups in total. The zero-order chi connectivity index (χ0) is 23.9. The molecule has 0 saturated heterocycles. The van der Waals surface area contributed by atoms with Crippen LogP contribution in [0, 0.1) is 0 Å². The average molecular weight is 459 g/mol. The molecule has 0 amide bonds. The van der Waals surface area contributed by atoms with Gasteiger partial charge in [0.15, 0.2) is 23.0 Å². The molecule has 0 fully saturated rings. The molecule has 3 aromatic carbocycles. The van der Waals surface area contributed by atoms with Gasteiger partial charge in [-0.05, 0) is 53.3 Å². The van der Waals surface area contributed by atoms with Crippen LogP contribution in [0.3, 0.4) is 0 Å². The Morgan fingerprint density at radius 3 is 2.12 bits per heavy atom. The predicted octanol–water partition coefficient (Wildman–Crippen LogP) is 5.19. The number of nitrogens with one attached hydrogen (secondary N) is 1. The highest BCUT2D eigenvalue weighted by Gasteiger charge is 2.21. The molecule has 0 saturated carbocycles. The smallest absolute Gasteiger partial charge is 0.161 e. The minimum atomic E-state index is -0.176. The van der Waals surface area contributed by atoms with Crippen LogP contribution in [-0.2, 0) is 6.42 Å². The number of hydrogen-bond acceptors (Lipinski definition) is 6. The van der Waals surface area contributed by atoms with E-state index in [4.69, 9.17) is 23.9 Å². The second-order valence-electron chi connectivity index (χ2n) is 7.86. The first-order valence-corrected chi connectivity index (χ1v) is 11.2. The summed E-state index contributed by atoms with van der Waals surface area (Å²) in [6.45, 7) is 0.772. The Kier molecular flexibility index (Phi) is 7.50. The number of ether oxygens (including phenoxy) is 4. The van der Waals surface area contributed by atoms with Gasteiger partial charge in [-0.25, -0.2) is 0 Å². The number of aromatic nitrogens is 1. The fraction of sp³-hybridized carbons (Fsp3) is 0.250. The Bertz CT molecular complexity index is 1240. The van der Waals surface area contributed by atoms with Crippen molar-refractivity contribution in [2.24, 2.45) is 0 Å². The van der Waals surface area contributed by atoms with E-state index in [-0.39, 0.29) is 6.04 Å². The maximum absolute atomic E-state index is 5.58. The second kappa shape index (κ2) is 10.9. The van der Waals surface area contributed by atoms with Crippen LogP contribution < -0.4 is 24.3 Å². The number of methoxy groups -OCH3 is 4. The quantitative estimate of drug-likeness (QED) is 0.353. The van der Waals surface area contributed by atoms with Crippen molar-refractivity contribution < 1.29 is 18.9 Å². The van der Waals surface area contributed by atoms with Crippen LogP contribution in [0.5, 0.6) is 23.0 Å². The number of hydrogen-bond donors (Lipinski definition) is 1. The lowest BCUT2D eigenvalue weighted by Gasteiger charge is -2.22. The summed E-state index contributed by atoms with van der Waals surface area (Å²) in [4.78, 5) is 4.81. The fourth-order valence-electron chi connectivity index (χ4n) is 4.16. The summed E-state index contributed by atoms with van der Waals surface area (Å²) in [5.41, 5.74) is 3.21. The number of benzene rings is 3. The Morgan fingerprint density at radius 2 is 1.41 bits per heavy atom. The van der Waals surface area contributed by atoms with Gasteiger partial charge < -0.3 is 24.3 Å². The van der Waals surface area contributed by atoms with E-state index in [1.165, 1.54) is 5.56 Å². The summed E-state index contributed by atoms with van der Waals surface area (Å²) in [7, 11) is 6.57. The Hall–Kier alpha value is -3.77. The Labute approximate surface area is 200 Å². The van der Waals surface area contributed by atoms with E-state index in [0.717, 1.165) is 35.0 Å². The second-order valence-corrected chi connectivity index (χ2v) is 7.86. The zero-order valence-electron chi connectivity index (χ0n) is 20.0. The van der Waals surface area contributed by atoms with Gasteiger partial charge in [-0.2, -0.15) is 0 Å². The first-order chi connectivity index (χ1) is 16.7. The van der Waals surface area contributed by atoms with E-state index < -0.39 is 0 Å². The summed E-state index contributed by atoms with van der Waals surface area (Å²) < 4.78 is 22.1. The molecule has 6 nitrogen and oxygen atoms in total. The molecular formula is C28H30N2O4. The molecule has 0 spiro atoms. The van der Waals surface area contributed by atoms with E-state index in [2.05, 4.69) is 29.6 Å². The third-order valence-corrected chi connectivity index (χ3v) is 5.92. The van der Waals surface area contributed by atoms with E-state index in [1.807, 2.05) is 48.7 Å². The lowest BCUT2D eigenvalue weighted by molar-refractivity contribution is 0.354. The van der Waals surface area contributed by atoms with Gasteiger partial charge >= 0.3 is 0 Å². The lowest BCUT2D eigenvalue weighted by atomic mass is 9.97. The fourth-order valence-corrected chi connectivity index (χ4v) is 4.16. The van der Waals surface area contributed by atoms with Gasteiger partial charge in [0.05, 0.1) is 40.2 Å². The molecule has 1 unspecified atom stereocenters. The van der Waals surface area contributed by atoms with Crippen molar-refractivity contribution >= 4 is 10.8 Å². The normalized spacial score (nSPS) is 11.8. The molecule has 4 aromatic rings. The molecule has 176 valence electrons. The monoisotopic (exact) mass is 458 g/mol. The van der Waals surface area contributed by atoms with Crippen LogP contribution in [0.4, 0.5) is 0 Å². The molecule has 1 aromatic heterocycles. The molecular weight excluding hydrogens is 428 g/mol. The zero-order valence-corrected chi connectivity index (χ0v) is 20.0. The highest BCUT2D eigenvalue weighted by atomic mass is 16.5. The largest absolute Gasteiger partial charge is 0.493 e. The topological polar surface area (TPSA) is 61.8 Å². The van der Waals surface area contributed by atoms with Gasteiger partial charge in [-0.1, -0.05) is 36.4 Å². The lowest BCUT2D eigenvalue weighted by Crippen LogP contribution is -2.26. The van der Waals surface area contributed by atoms with Crippen molar-refractivity contribution in [3.8, 4) is 23.0 Å². The summed E-state index contributed by atoms with van der Waals surface area (Å²) >= 11 is 0. The van der Waals surface area contributed by atoms with Crippen molar-refractivity contribution in [2.45, 2.75) is 12.5 Å². The third-order valence-electron chi connectivity index (χ3n) is 5.92. The van der Waals surface area contributed by atoms with E-state index in [9.17, 15) is 0 Å². The summed E-state index contributed by atoms with van der Waals surface area (Å²) in [6, 6.07) is 22.2. The molecule has 1 heterocycles. The molecule has 0 aliphatic rings. The van der Waals surface area contributed by atoms with Crippen LogP contribution in [0.15, 0.2) is 72.9 Å². The van der Waals surface area contributed by atoms with Gasteiger partial charge in [0.25, 0.3) is 0 Å². The minimum Gasteiger partial charge on any atom is -0.493 e. The van der Waals surface area contributed by atoms with Gasteiger partial charge in [0.1, 0.15) is 0 Å². The first-order valence-electron chi connectivity index (χ1n) is 11.2. The number of pyridine rings is 1. The minimum absolute atomic E-state index is 0.176. The van der Waals surface area contributed by atoms with Gasteiger partial charge in [-0.3, -0.25) is 4.98 Å². The van der Waals surface area contributed by atoms with E-state index in [1.54, 1.807) is 28.4 Å². The van der Waals surface area contributed by atoms with Gasteiger partial charge in [0.2, 0.25) is 0 Å².